The van der Waals surface area contributed by atoms with Gasteiger partial charge in [-0.1, -0.05) is 121 Å². The van der Waals surface area contributed by atoms with E-state index in [1.165, 1.54) is 94.1 Å². The summed E-state index contributed by atoms with van der Waals surface area (Å²) in [4.78, 5) is 2.39. The molecule has 0 N–H and O–H groups in total. The van der Waals surface area contributed by atoms with Crippen molar-refractivity contribution in [3.05, 3.63) is 162 Å². The lowest BCUT2D eigenvalue weighted by Crippen LogP contribution is -2.11. The Hall–Kier alpha value is -5.40. The molecule has 1 nitrogen and oxygen atoms in total. The van der Waals surface area contributed by atoms with Gasteiger partial charge in [0.05, 0.1) is 0 Å². The van der Waals surface area contributed by atoms with Gasteiger partial charge in [-0.05, 0) is 121 Å². The van der Waals surface area contributed by atoms with Gasteiger partial charge in [-0.25, -0.2) is 0 Å². The number of nitrogens with zero attached hydrogens (tertiary/aromatic N) is 1. The Kier molecular flexibility index (Phi) is 5.67. The second-order valence-electron chi connectivity index (χ2n) is 12.7. The van der Waals surface area contributed by atoms with Crippen molar-refractivity contribution >= 4 is 38.5 Å². The van der Waals surface area contributed by atoms with E-state index in [4.69, 9.17) is 0 Å². The molecule has 9 rings (SSSR count). The number of hydrogen-bond acceptors (Lipinski definition) is 1. The van der Waals surface area contributed by atoms with Crippen molar-refractivity contribution < 1.29 is 0 Å². The lowest BCUT2D eigenvalue weighted by atomic mass is 9.84. The Morgan fingerprint density at radius 1 is 0.489 bits per heavy atom. The van der Waals surface area contributed by atoms with Crippen LogP contribution in [0, 0.1) is 6.92 Å². The highest BCUT2D eigenvalue weighted by Crippen LogP contribution is 2.49. The monoisotopic (exact) mass is 575 g/mol. The van der Waals surface area contributed by atoms with Crippen LogP contribution in [0.4, 0.5) is 11.4 Å². The van der Waals surface area contributed by atoms with Crippen LogP contribution in [0.3, 0.4) is 0 Å². The molecule has 0 fully saturated rings. The lowest BCUT2D eigenvalue weighted by molar-refractivity contribution is 0.978. The minimum atomic E-state index is 1.05. The van der Waals surface area contributed by atoms with Crippen LogP contribution in [0.25, 0.3) is 60.5 Å². The largest absolute Gasteiger partial charge is 0.344 e. The molecule has 0 spiro atoms. The zero-order valence-corrected chi connectivity index (χ0v) is 25.7. The summed E-state index contributed by atoms with van der Waals surface area (Å²) >= 11 is 0. The fraction of sp³-hybridized carbons (Fsp3) is 0.0909. The number of benzene rings is 7. The van der Waals surface area contributed by atoms with Crippen molar-refractivity contribution in [2.24, 2.45) is 0 Å². The van der Waals surface area contributed by atoms with Crippen molar-refractivity contribution in [1.29, 1.82) is 0 Å². The molecule has 1 heterocycles. The maximum Gasteiger partial charge on any atom is 0.0447 e. The van der Waals surface area contributed by atoms with Crippen molar-refractivity contribution in [1.82, 2.24) is 0 Å². The SMILES string of the molecule is C=C1c2ccccc2-c2ccc(-c3c4ccccc4c(-c4ccc5c(c4)N(C)c4ccccc4CC5)c4cc(C)ccc34)cc21. The molecule has 7 aromatic carbocycles. The quantitative estimate of drug-likeness (QED) is 0.185. The standard InChI is InChI=1S/C44H33N/c1-27-16-22-38-40(24-27)44(32-20-19-30-18-17-29-10-4-9-15-41(29)45(3)42(30)26-32)37-14-8-7-13-36(37)43(38)31-21-23-35-34-12-6-5-11-33(34)28(2)39(35)25-31/h4-16,19-26H,2,17-18H2,1,3H3. The van der Waals surface area contributed by atoms with Gasteiger partial charge in [0.1, 0.15) is 0 Å². The third kappa shape index (κ3) is 3.87. The fourth-order valence-electron chi connectivity index (χ4n) is 7.92. The number of fused-ring (bicyclic) bond motifs is 7. The molecule has 45 heavy (non-hydrogen) atoms. The second kappa shape index (κ2) is 9.81. The minimum absolute atomic E-state index is 1.05. The highest BCUT2D eigenvalue weighted by atomic mass is 15.1. The van der Waals surface area contributed by atoms with Crippen LogP contribution in [-0.4, -0.2) is 7.05 Å². The summed E-state index contributed by atoms with van der Waals surface area (Å²) in [5, 5.41) is 5.13. The summed E-state index contributed by atoms with van der Waals surface area (Å²) in [5.41, 5.74) is 17.9. The maximum absolute atomic E-state index is 4.52. The molecule has 0 atom stereocenters. The summed E-state index contributed by atoms with van der Waals surface area (Å²) in [6.07, 6.45) is 2.11. The Morgan fingerprint density at radius 3 is 1.91 bits per heavy atom. The number of aryl methyl sites for hydroxylation is 3. The van der Waals surface area contributed by atoms with E-state index in [1.807, 2.05) is 0 Å². The normalized spacial score (nSPS) is 13.4. The summed E-state index contributed by atoms with van der Waals surface area (Å²) in [5.74, 6) is 0. The van der Waals surface area contributed by atoms with Gasteiger partial charge in [-0.2, -0.15) is 0 Å². The van der Waals surface area contributed by atoms with Crippen LogP contribution in [-0.2, 0) is 12.8 Å². The average molecular weight is 576 g/mol. The van der Waals surface area contributed by atoms with Crippen LogP contribution >= 0.6 is 0 Å². The molecule has 0 saturated heterocycles. The third-order valence-corrected chi connectivity index (χ3v) is 10.1. The molecule has 7 aromatic rings. The van der Waals surface area contributed by atoms with Crippen molar-refractivity contribution in [2.75, 3.05) is 11.9 Å². The van der Waals surface area contributed by atoms with Crippen LogP contribution in [0.2, 0.25) is 0 Å². The van der Waals surface area contributed by atoms with Crippen molar-refractivity contribution in [2.45, 2.75) is 19.8 Å². The summed E-state index contributed by atoms with van der Waals surface area (Å²) in [7, 11) is 2.22. The molecule has 0 bridgehead atoms. The molecule has 214 valence electrons. The molecule has 1 aliphatic carbocycles. The molecule has 0 radical (unpaired) electrons. The zero-order valence-electron chi connectivity index (χ0n) is 25.7. The molecule has 1 heteroatoms. The molecular formula is C44H33N. The van der Waals surface area contributed by atoms with E-state index in [0.717, 1.165) is 18.4 Å². The maximum atomic E-state index is 4.52. The summed E-state index contributed by atoms with van der Waals surface area (Å²) < 4.78 is 0. The average Bonchev–Trinajstić information content (AvgIpc) is 3.28. The van der Waals surface area contributed by atoms with Gasteiger partial charge in [-0.15, -0.1) is 0 Å². The third-order valence-electron chi connectivity index (χ3n) is 10.1. The Morgan fingerprint density at radius 2 is 1.09 bits per heavy atom. The predicted octanol–water partition coefficient (Wildman–Crippen LogP) is 11.5. The van der Waals surface area contributed by atoms with Crippen LogP contribution in [0.5, 0.6) is 0 Å². The zero-order chi connectivity index (χ0) is 30.2. The van der Waals surface area contributed by atoms with E-state index >= 15 is 0 Å². The van der Waals surface area contributed by atoms with E-state index in [9.17, 15) is 0 Å². The molecule has 0 aromatic heterocycles. The van der Waals surface area contributed by atoms with E-state index in [-0.39, 0.29) is 0 Å². The molecule has 2 aliphatic rings. The first-order valence-corrected chi connectivity index (χ1v) is 15.9. The van der Waals surface area contributed by atoms with Gasteiger partial charge in [0.15, 0.2) is 0 Å². The predicted molar refractivity (Wildman–Crippen MR) is 193 cm³/mol. The first-order chi connectivity index (χ1) is 22.1. The number of para-hydroxylation sites is 1. The second-order valence-corrected chi connectivity index (χ2v) is 12.7. The first kappa shape index (κ1) is 26.0. The highest BCUT2D eigenvalue weighted by Gasteiger charge is 2.24. The number of rotatable bonds is 2. The lowest BCUT2D eigenvalue weighted by Gasteiger charge is -2.24. The molecule has 0 unspecified atom stereocenters. The highest BCUT2D eigenvalue weighted by molar-refractivity contribution is 6.22. The molecule has 0 saturated carbocycles. The van der Waals surface area contributed by atoms with E-state index in [2.05, 4.69) is 153 Å². The Bertz CT molecular complexity index is 2370. The number of anilines is 2. The van der Waals surface area contributed by atoms with E-state index in [0.29, 0.717) is 0 Å². The van der Waals surface area contributed by atoms with E-state index < -0.39 is 0 Å². The van der Waals surface area contributed by atoms with Crippen molar-refractivity contribution in [3.63, 3.8) is 0 Å². The summed E-state index contributed by atoms with van der Waals surface area (Å²) in [6, 6.07) is 47.5. The topological polar surface area (TPSA) is 3.24 Å². The van der Waals surface area contributed by atoms with Gasteiger partial charge in [0.2, 0.25) is 0 Å². The van der Waals surface area contributed by atoms with E-state index in [1.54, 1.807) is 0 Å². The summed E-state index contributed by atoms with van der Waals surface area (Å²) in [6.45, 7) is 6.72. The Labute approximate surface area is 264 Å². The van der Waals surface area contributed by atoms with Gasteiger partial charge in [-0.3, -0.25) is 0 Å². The minimum Gasteiger partial charge on any atom is -0.344 e. The fourth-order valence-corrected chi connectivity index (χ4v) is 7.92. The smallest absolute Gasteiger partial charge is 0.0447 e. The van der Waals surface area contributed by atoms with Crippen LogP contribution in [0.15, 0.2) is 134 Å². The molecule has 0 amide bonds. The van der Waals surface area contributed by atoms with Gasteiger partial charge in [0, 0.05) is 18.4 Å². The van der Waals surface area contributed by atoms with Gasteiger partial charge in [0.25, 0.3) is 0 Å². The molecule has 1 aliphatic heterocycles. The van der Waals surface area contributed by atoms with Crippen LogP contribution in [0.1, 0.15) is 27.8 Å². The Balaban J connectivity index is 1.30. The first-order valence-electron chi connectivity index (χ1n) is 15.9. The van der Waals surface area contributed by atoms with Gasteiger partial charge >= 0.3 is 0 Å². The van der Waals surface area contributed by atoms with Crippen molar-refractivity contribution in [3.8, 4) is 33.4 Å². The van der Waals surface area contributed by atoms with Crippen LogP contribution < -0.4 is 4.90 Å². The number of hydrogen-bond donors (Lipinski definition) is 0. The molecular weight excluding hydrogens is 542 g/mol. The van der Waals surface area contributed by atoms with Gasteiger partial charge < -0.3 is 4.90 Å².